The van der Waals surface area contributed by atoms with E-state index in [1.165, 1.54) is 12.1 Å². The van der Waals surface area contributed by atoms with Crippen molar-refractivity contribution in [1.82, 2.24) is 9.80 Å². The van der Waals surface area contributed by atoms with Crippen molar-refractivity contribution < 1.29 is 0 Å². The molecule has 1 aromatic rings. The van der Waals surface area contributed by atoms with Gasteiger partial charge < -0.3 is 10.6 Å². The molecule has 2 rings (SSSR count). The first-order valence-electron chi connectivity index (χ1n) is 7.95. The van der Waals surface area contributed by atoms with Crippen LogP contribution in [0.1, 0.15) is 32.4 Å². The van der Waals surface area contributed by atoms with Crippen LogP contribution in [0.25, 0.3) is 0 Å². The van der Waals surface area contributed by atoms with Crippen molar-refractivity contribution in [3.05, 3.63) is 34.9 Å². The van der Waals surface area contributed by atoms with Crippen LogP contribution < -0.4 is 5.73 Å². The molecule has 1 aliphatic rings. The molecule has 0 saturated carbocycles. The van der Waals surface area contributed by atoms with E-state index in [9.17, 15) is 0 Å². The Morgan fingerprint density at radius 1 is 1.05 bits per heavy atom. The van der Waals surface area contributed by atoms with Gasteiger partial charge in [0, 0.05) is 49.8 Å². The fraction of sp³-hybridized carbons (Fsp3) is 0.647. The number of hydrogen-bond donors (Lipinski definition) is 1. The highest BCUT2D eigenvalue weighted by Crippen LogP contribution is 2.26. The molecule has 0 aliphatic carbocycles. The van der Waals surface area contributed by atoms with Gasteiger partial charge in [0.2, 0.25) is 0 Å². The molecule has 0 radical (unpaired) electrons. The van der Waals surface area contributed by atoms with Crippen molar-refractivity contribution in [2.75, 3.05) is 32.7 Å². The van der Waals surface area contributed by atoms with Gasteiger partial charge in [-0.1, -0.05) is 37.6 Å². The maximum atomic E-state index is 6.26. The van der Waals surface area contributed by atoms with Crippen LogP contribution >= 0.6 is 11.6 Å². The summed E-state index contributed by atoms with van der Waals surface area (Å²) in [7, 11) is 0. The minimum absolute atomic E-state index is 0.114. The summed E-state index contributed by atoms with van der Waals surface area (Å²) in [6, 6.07) is 8.53. The quantitative estimate of drug-likeness (QED) is 0.907. The number of nitrogens with zero attached hydrogens (tertiary/aromatic N) is 2. The molecule has 0 bridgehead atoms. The molecule has 2 unspecified atom stereocenters. The summed E-state index contributed by atoms with van der Waals surface area (Å²) in [5.41, 5.74) is 7.53. The lowest BCUT2D eigenvalue weighted by molar-refractivity contribution is 0.0805. The van der Waals surface area contributed by atoms with Crippen LogP contribution in [0, 0.1) is 5.92 Å². The third kappa shape index (κ3) is 4.68. The van der Waals surface area contributed by atoms with Crippen LogP contribution in [0.15, 0.2) is 24.3 Å². The second-order valence-electron chi connectivity index (χ2n) is 6.59. The minimum atomic E-state index is 0.114. The molecule has 1 aromatic carbocycles. The highest BCUT2D eigenvalue weighted by atomic mass is 35.5. The summed E-state index contributed by atoms with van der Waals surface area (Å²) >= 11 is 6.00. The molecule has 1 fully saturated rings. The first-order valence-corrected chi connectivity index (χ1v) is 8.32. The number of piperazine rings is 1. The maximum absolute atomic E-state index is 6.26. The Hall–Kier alpha value is -0.610. The summed E-state index contributed by atoms with van der Waals surface area (Å²) in [6.07, 6.45) is 0. The molecule has 4 heteroatoms. The molecule has 21 heavy (non-hydrogen) atoms. The molecule has 1 aliphatic heterocycles. The maximum Gasteiger partial charge on any atom is 0.0497 e. The molecule has 2 N–H and O–H groups in total. The van der Waals surface area contributed by atoms with E-state index in [1.807, 2.05) is 12.1 Å². The van der Waals surface area contributed by atoms with Crippen molar-refractivity contribution in [3.63, 3.8) is 0 Å². The number of benzene rings is 1. The van der Waals surface area contributed by atoms with E-state index in [4.69, 9.17) is 17.3 Å². The Morgan fingerprint density at radius 2 is 1.62 bits per heavy atom. The smallest absolute Gasteiger partial charge is 0.0497 e. The van der Waals surface area contributed by atoms with Crippen molar-refractivity contribution >= 4 is 11.6 Å². The van der Waals surface area contributed by atoms with Gasteiger partial charge in [-0.05, 0) is 30.5 Å². The fourth-order valence-corrected chi connectivity index (χ4v) is 3.37. The van der Waals surface area contributed by atoms with Crippen LogP contribution in [0.5, 0.6) is 0 Å². The Morgan fingerprint density at radius 3 is 2.10 bits per heavy atom. The topological polar surface area (TPSA) is 32.5 Å². The second kappa shape index (κ2) is 7.59. The van der Waals surface area contributed by atoms with E-state index in [0.717, 1.165) is 37.1 Å². The zero-order valence-electron chi connectivity index (χ0n) is 13.4. The summed E-state index contributed by atoms with van der Waals surface area (Å²) < 4.78 is 0. The standard InChI is InChI=1S/C17H28ClN3/c1-13(2)12-20-8-10-21(11-9-20)17(14(3)19)15-4-6-16(18)7-5-15/h4-7,13-14,17H,8-12,19H2,1-3H3. The molecular formula is C17H28ClN3. The Balaban J connectivity index is 2.02. The van der Waals surface area contributed by atoms with Crippen LogP contribution in [-0.4, -0.2) is 48.6 Å². The van der Waals surface area contributed by atoms with Crippen LogP contribution in [0.3, 0.4) is 0 Å². The van der Waals surface area contributed by atoms with Gasteiger partial charge in [-0.3, -0.25) is 4.90 Å². The molecule has 1 heterocycles. The fourth-order valence-electron chi connectivity index (χ4n) is 3.25. The van der Waals surface area contributed by atoms with Gasteiger partial charge in [0.15, 0.2) is 0 Å². The number of nitrogens with two attached hydrogens (primary N) is 1. The van der Waals surface area contributed by atoms with E-state index >= 15 is 0 Å². The monoisotopic (exact) mass is 309 g/mol. The van der Waals surface area contributed by atoms with Gasteiger partial charge in [-0.15, -0.1) is 0 Å². The van der Waals surface area contributed by atoms with E-state index in [2.05, 4.69) is 42.7 Å². The molecule has 0 amide bonds. The second-order valence-corrected chi connectivity index (χ2v) is 7.02. The zero-order chi connectivity index (χ0) is 15.4. The molecule has 2 atom stereocenters. The number of rotatable bonds is 5. The largest absolute Gasteiger partial charge is 0.326 e. The first kappa shape index (κ1) is 16.8. The van der Waals surface area contributed by atoms with Gasteiger partial charge in [-0.2, -0.15) is 0 Å². The lowest BCUT2D eigenvalue weighted by atomic mass is 9.98. The van der Waals surface area contributed by atoms with Crippen molar-refractivity contribution in [2.45, 2.75) is 32.9 Å². The summed E-state index contributed by atoms with van der Waals surface area (Å²) in [5, 5.41) is 0.781. The zero-order valence-corrected chi connectivity index (χ0v) is 14.2. The summed E-state index contributed by atoms with van der Waals surface area (Å²) in [6.45, 7) is 12.3. The van der Waals surface area contributed by atoms with Gasteiger partial charge in [0.1, 0.15) is 0 Å². The highest BCUT2D eigenvalue weighted by Gasteiger charge is 2.27. The predicted molar refractivity (Wildman–Crippen MR) is 90.7 cm³/mol. The van der Waals surface area contributed by atoms with Crippen LogP contribution in [0.2, 0.25) is 5.02 Å². The Kier molecular flexibility index (Phi) is 6.06. The summed E-state index contributed by atoms with van der Waals surface area (Å²) in [5.74, 6) is 0.733. The van der Waals surface area contributed by atoms with Crippen molar-refractivity contribution in [2.24, 2.45) is 11.7 Å². The van der Waals surface area contributed by atoms with E-state index in [0.29, 0.717) is 0 Å². The van der Waals surface area contributed by atoms with Crippen LogP contribution in [0.4, 0.5) is 0 Å². The van der Waals surface area contributed by atoms with Crippen molar-refractivity contribution in [3.8, 4) is 0 Å². The Bertz CT molecular complexity index is 422. The lowest BCUT2D eigenvalue weighted by Gasteiger charge is -2.41. The van der Waals surface area contributed by atoms with Gasteiger partial charge in [0.05, 0.1) is 0 Å². The number of halogens is 1. The molecule has 118 valence electrons. The molecule has 0 spiro atoms. The minimum Gasteiger partial charge on any atom is -0.326 e. The average molecular weight is 310 g/mol. The third-order valence-corrected chi connectivity index (χ3v) is 4.39. The SMILES string of the molecule is CC(C)CN1CCN(C(c2ccc(Cl)cc2)C(C)N)CC1. The molecular weight excluding hydrogens is 282 g/mol. The van der Waals surface area contributed by atoms with E-state index < -0.39 is 0 Å². The van der Waals surface area contributed by atoms with Gasteiger partial charge in [0.25, 0.3) is 0 Å². The normalized spacial score (nSPS) is 20.7. The average Bonchev–Trinajstić information content (AvgIpc) is 2.42. The van der Waals surface area contributed by atoms with Gasteiger partial charge in [-0.25, -0.2) is 0 Å². The molecule has 1 saturated heterocycles. The third-order valence-electron chi connectivity index (χ3n) is 4.13. The predicted octanol–water partition coefficient (Wildman–Crippen LogP) is 3.00. The molecule has 0 aromatic heterocycles. The first-order chi connectivity index (χ1) is 9.97. The lowest BCUT2D eigenvalue weighted by Crippen LogP contribution is -2.51. The van der Waals surface area contributed by atoms with E-state index in [1.54, 1.807) is 0 Å². The van der Waals surface area contributed by atoms with E-state index in [-0.39, 0.29) is 12.1 Å². The van der Waals surface area contributed by atoms with Crippen molar-refractivity contribution in [1.29, 1.82) is 0 Å². The summed E-state index contributed by atoms with van der Waals surface area (Å²) in [4.78, 5) is 5.08. The van der Waals surface area contributed by atoms with Crippen LogP contribution in [-0.2, 0) is 0 Å². The highest BCUT2D eigenvalue weighted by molar-refractivity contribution is 6.30. The molecule has 3 nitrogen and oxygen atoms in total. The Labute approximate surface area is 134 Å². The number of hydrogen-bond acceptors (Lipinski definition) is 3. The van der Waals surface area contributed by atoms with Gasteiger partial charge >= 0.3 is 0 Å².